The smallest absolute Gasteiger partial charge is 0.0745 e. The van der Waals surface area contributed by atoms with Gasteiger partial charge in [-0.3, -0.25) is 0 Å². The quantitative estimate of drug-likeness (QED) is 0.0329. The van der Waals surface area contributed by atoms with Crippen LogP contribution >= 0.6 is 37.9 Å². The van der Waals surface area contributed by atoms with Crippen LogP contribution in [0, 0.1) is 5.41 Å². The molecule has 290 valence electrons. The molecule has 0 aliphatic carbocycles. The fourth-order valence-corrected chi connectivity index (χ4v) is 6.82. The van der Waals surface area contributed by atoms with Crippen molar-refractivity contribution < 1.29 is 15.6 Å². The molecule has 0 radical (unpaired) electrons. The van der Waals surface area contributed by atoms with Gasteiger partial charge in [0.15, 0.2) is 0 Å². The van der Waals surface area contributed by atoms with Crippen LogP contribution in [0.1, 0.15) is 119 Å². The van der Waals surface area contributed by atoms with Crippen LogP contribution in [0.5, 0.6) is 0 Å². The summed E-state index contributed by atoms with van der Waals surface area (Å²) in [6.45, 7) is 25.4. The maximum Gasteiger partial charge on any atom is 0.0745 e. The van der Waals surface area contributed by atoms with Gasteiger partial charge in [-0.1, -0.05) is 103 Å². The molecule has 0 spiro atoms. The van der Waals surface area contributed by atoms with Crippen LogP contribution < -0.4 is 16.0 Å². The summed E-state index contributed by atoms with van der Waals surface area (Å²) in [4.78, 5) is 2.31. The lowest BCUT2D eigenvalue weighted by Crippen LogP contribution is -2.46. The van der Waals surface area contributed by atoms with Crippen molar-refractivity contribution in [3.63, 3.8) is 0 Å². The van der Waals surface area contributed by atoms with Crippen LogP contribution in [0.25, 0.3) is 0 Å². The summed E-state index contributed by atoms with van der Waals surface area (Å²) in [5, 5.41) is 49.0. The van der Waals surface area contributed by atoms with E-state index >= 15 is 0 Å². The fraction of sp³-hybridized carbons (Fsp3) is 0.488. The fourth-order valence-electron chi connectivity index (χ4n) is 6.03. The molecular formula is C41H60N6O3S3. The average molecular weight is 781 g/mol. The number of oxime groups is 3. The number of rotatable bonds is 15. The van der Waals surface area contributed by atoms with Crippen LogP contribution in [0.2, 0.25) is 0 Å². The minimum Gasteiger partial charge on any atom is -0.411 e. The first-order valence-electron chi connectivity index (χ1n) is 17.9. The molecule has 3 rings (SSSR count). The Labute approximate surface area is 333 Å². The van der Waals surface area contributed by atoms with E-state index in [0.717, 1.165) is 64.8 Å². The van der Waals surface area contributed by atoms with Crippen LogP contribution in [0.3, 0.4) is 0 Å². The van der Waals surface area contributed by atoms with Gasteiger partial charge in [0.25, 0.3) is 0 Å². The van der Waals surface area contributed by atoms with E-state index in [-0.39, 0.29) is 21.7 Å². The first kappa shape index (κ1) is 44.4. The monoisotopic (exact) mass is 780 g/mol. The number of nitrogens with one attached hydrogen (secondary N) is 3. The van der Waals surface area contributed by atoms with E-state index in [1.54, 1.807) is 0 Å². The SMILES string of the molecule is CC(CNCc1cc(C(C)(C)C)cc(/C=N/O)c1S)(CNCc1cc(C(C)(C)C)cc(/C=N/O)c1S)CNCc1cc(C(C)(C)C)cc(/C=N/O)c1S. The molecule has 3 aromatic carbocycles. The van der Waals surface area contributed by atoms with Gasteiger partial charge in [0, 0.05) is 76.1 Å². The summed E-state index contributed by atoms with van der Waals surface area (Å²) >= 11 is 14.5. The van der Waals surface area contributed by atoms with Gasteiger partial charge in [-0.25, -0.2) is 0 Å². The third kappa shape index (κ3) is 12.5. The van der Waals surface area contributed by atoms with Gasteiger partial charge in [0.2, 0.25) is 0 Å². The molecule has 0 amide bonds. The van der Waals surface area contributed by atoms with Crippen LogP contribution in [-0.2, 0) is 35.9 Å². The Morgan fingerprint density at radius 3 is 0.925 bits per heavy atom. The van der Waals surface area contributed by atoms with Crippen molar-refractivity contribution in [1.82, 2.24) is 16.0 Å². The van der Waals surface area contributed by atoms with Gasteiger partial charge in [0.1, 0.15) is 0 Å². The van der Waals surface area contributed by atoms with Gasteiger partial charge in [-0.05, 0) is 67.8 Å². The Balaban J connectivity index is 1.91. The predicted octanol–water partition coefficient (Wildman–Crippen LogP) is 8.55. The van der Waals surface area contributed by atoms with Gasteiger partial charge in [-0.15, -0.1) is 37.9 Å². The van der Waals surface area contributed by atoms with E-state index < -0.39 is 0 Å². The highest BCUT2D eigenvalue weighted by atomic mass is 32.1. The molecule has 0 unspecified atom stereocenters. The second kappa shape index (κ2) is 18.6. The normalized spacial score (nSPS) is 13.3. The van der Waals surface area contributed by atoms with Gasteiger partial charge in [-0.2, -0.15) is 0 Å². The minimum absolute atomic E-state index is 0.102. The number of thiol groups is 3. The van der Waals surface area contributed by atoms with Crippen molar-refractivity contribution in [3.8, 4) is 0 Å². The molecule has 0 heterocycles. The third-order valence-corrected chi connectivity index (χ3v) is 11.1. The first-order valence-corrected chi connectivity index (χ1v) is 19.2. The number of nitrogens with zero attached hydrogens (tertiary/aromatic N) is 3. The van der Waals surface area contributed by atoms with Crippen molar-refractivity contribution in [2.24, 2.45) is 20.9 Å². The van der Waals surface area contributed by atoms with Crippen LogP contribution in [0.4, 0.5) is 0 Å². The van der Waals surface area contributed by atoms with E-state index in [2.05, 4.69) is 119 Å². The molecule has 9 nitrogen and oxygen atoms in total. The van der Waals surface area contributed by atoms with E-state index in [4.69, 9.17) is 37.9 Å². The second-order valence-corrected chi connectivity index (χ2v) is 18.7. The molecule has 0 aromatic heterocycles. The predicted molar refractivity (Wildman–Crippen MR) is 229 cm³/mol. The van der Waals surface area contributed by atoms with Gasteiger partial charge < -0.3 is 31.6 Å². The van der Waals surface area contributed by atoms with Crippen LogP contribution in [-0.4, -0.2) is 53.9 Å². The Kier molecular flexibility index (Phi) is 15.5. The molecule has 0 fully saturated rings. The third-order valence-electron chi connectivity index (χ3n) is 9.45. The van der Waals surface area contributed by atoms with Gasteiger partial charge in [0.05, 0.1) is 18.6 Å². The Hall–Kier alpha value is -3.00. The maximum atomic E-state index is 9.33. The largest absolute Gasteiger partial charge is 0.411 e. The molecule has 6 N–H and O–H groups in total. The lowest BCUT2D eigenvalue weighted by atomic mass is 9.84. The summed E-state index contributed by atoms with van der Waals surface area (Å²) in [5.41, 5.74) is 8.17. The molecule has 0 saturated heterocycles. The van der Waals surface area contributed by atoms with E-state index in [0.29, 0.717) is 39.3 Å². The number of hydrogen-bond donors (Lipinski definition) is 9. The minimum atomic E-state index is -0.268. The molecular weight excluding hydrogens is 721 g/mol. The van der Waals surface area contributed by atoms with E-state index in [9.17, 15) is 15.6 Å². The Morgan fingerprint density at radius 1 is 0.472 bits per heavy atom. The highest BCUT2D eigenvalue weighted by Crippen LogP contribution is 2.32. The summed E-state index contributed by atoms with van der Waals surface area (Å²) in [5.74, 6) is 0. The lowest BCUT2D eigenvalue weighted by Gasteiger charge is -2.32. The summed E-state index contributed by atoms with van der Waals surface area (Å²) in [6, 6.07) is 12.6. The number of benzene rings is 3. The van der Waals surface area contributed by atoms with E-state index in [1.807, 2.05) is 18.2 Å². The van der Waals surface area contributed by atoms with Crippen molar-refractivity contribution in [3.05, 3.63) is 86.5 Å². The van der Waals surface area contributed by atoms with Crippen molar-refractivity contribution >= 4 is 56.5 Å². The zero-order valence-corrected chi connectivity index (χ0v) is 35.6. The molecule has 0 aliphatic rings. The highest BCUT2D eigenvalue weighted by Gasteiger charge is 2.26. The summed E-state index contributed by atoms with van der Waals surface area (Å²) in [7, 11) is 0. The lowest BCUT2D eigenvalue weighted by molar-refractivity contribution is 0.271. The molecule has 3 aromatic rings. The van der Waals surface area contributed by atoms with Gasteiger partial charge >= 0.3 is 0 Å². The topological polar surface area (TPSA) is 134 Å². The summed E-state index contributed by atoms with van der Waals surface area (Å²) < 4.78 is 0. The van der Waals surface area contributed by atoms with Crippen molar-refractivity contribution in [2.75, 3.05) is 19.6 Å². The van der Waals surface area contributed by atoms with E-state index in [1.165, 1.54) is 18.6 Å². The number of hydrogen-bond acceptors (Lipinski definition) is 12. The maximum absolute atomic E-state index is 9.33. The van der Waals surface area contributed by atoms with Crippen LogP contribution in [0.15, 0.2) is 66.6 Å². The Morgan fingerprint density at radius 2 is 0.717 bits per heavy atom. The zero-order valence-electron chi connectivity index (χ0n) is 33.0. The van der Waals surface area contributed by atoms with Crippen molar-refractivity contribution in [2.45, 2.75) is 120 Å². The second-order valence-electron chi connectivity index (χ2n) is 17.3. The average Bonchev–Trinajstić information content (AvgIpc) is 3.04. The summed E-state index contributed by atoms with van der Waals surface area (Å²) in [6.07, 6.45) is 4.30. The molecule has 53 heavy (non-hydrogen) atoms. The molecule has 0 bridgehead atoms. The standard InChI is InChI=1S/C41H60N6O3S3/c1-38(2,3)32-11-26(35(51)29(14-32)20-45-48)17-42-23-41(10,24-43-18-27-12-33(39(4,5)6)15-30(21-46-49)36(27)52)25-44-19-28-13-34(40(7,8)9)16-31(22-47-50)37(28)53/h11-16,20-22,42-44,48-53H,17-19,23-25H2,1-10H3/b45-20+,46-21+,47-22+. The molecule has 0 atom stereocenters. The molecule has 12 heteroatoms. The Bertz CT molecular complexity index is 1600. The van der Waals surface area contributed by atoms with Crippen molar-refractivity contribution in [1.29, 1.82) is 0 Å². The molecule has 0 aliphatic heterocycles. The first-order chi connectivity index (χ1) is 24.6. The highest BCUT2D eigenvalue weighted by molar-refractivity contribution is 7.80. The molecule has 0 saturated carbocycles. The zero-order chi connectivity index (χ0) is 39.8.